The number of rotatable bonds is 7. The summed E-state index contributed by atoms with van der Waals surface area (Å²) in [6.07, 6.45) is 0.990. The minimum Gasteiger partial charge on any atom is -0.493 e. The maximum atomic E-state index is 12.6. The van der Waals surface area contributed by atoms with Crippen LogP contribution in [-0.2, 0) is 17.8 Å². The number of nitrogens with one attached hydrogen (secondary N) is 1. The van der Waals surface area contributed by atoms with Crippen LogP contribution >= 0.6 is 0 Å². The molecule has 1 aromatic heterocycles. The predicted octanol–water partition coefficient (Wildman–Crippen LogP) is 4.83. The lowest BCUT2D eigenvalue weighted by Crippen LogP contribution is -2.30. The molecule has 7 nitrogen and oxygen atoms in total. The zero-order valence-electron chi connectivity index (χ0n) is 19.8. The summed E-state index contributed by atoms with van der Waals surface area (Å²) in [7, 11) is 3.12. The van der Waals surface area contributed by atoms with Gasteiger partial charge in [-0.1, -0.05) is 36.4 Å². The lowest BCUT2D eigenvalue weighted by molar-refractivity contribution is -0.118. The van der Waals surface area contributed by atoms with Gasteiger partial charge in [-0.3, -0.25) is 4.79 Å². The van der Waals surface area contributed by atoms with Gasteiger partial charge >= 0.3 is 0 Å². The van der Waals surface area contributed by atoms with Crippen molar-refractivity contribution in [3.05, 3.63) is 83.9 Å². The standard InChI is InChI=1S/C28H27N3O4/c1-33-23-12-11-22(16-25(23)34-2)29-27(32)18-35-24-9-5-8-20-10-13-26(30-28(20)24)31-15-14-19-6-3-4-7-21(19)17-31/h3-13,16H,14-15,17-18H2,1-2H3,(H,29,32). The van der Waals surface area contributed by atoms with Crippen LogP contribution in [0.4, 0.5) is 11.5 Å². The van der Waals surface area contributed by atoms with E-state index in [1.165, 1.54) is 11.1 Å². The Bertz CT molecular complexity index is 1370. The van der Waals surface area contributed by atoms with Crippen LogP contribution in [0.25, 0.3) is 10.9 Å². The zero-order valence-corrected chi connectivity index (χ0v) is 19.8. The van der Waals surface area contributed by atoms with Crippen molar-refractivity contribution in [2.45, 2.75) is 13.0 Å². The molecule has 1 N–H and O–H groups in total. The summed E-state index contributed by atoms with van der Waals surface area (Å²) < 4.78 is 16.4. The van der Waals surface area contributed by atoms with E-state index < -0.39 is 0 Å². The van der Waals surface area contributed by atoms with Crippen molar-refractivity contribution < 1.29 is 19.0 Å². The smallest absolute Gasteiger partial charge is 0.262 e. The Hall–Kier alpha value is -4.26. The fraction of sp³-hybridized carbons (Fsp3) is 0.214. The summed E-state index contributed by atoms with van der Waals surface area (Å²) in [4.78, 5) is 19.8. The Labute approximate surface area is 204 Å². The number of pyridine rings is 1. The second kappa shape index (κ2) is 9.93. The van der Waals surface area contributed by atoms with Crippen LogP contribution in [0.1, 0.15) is 11.1 Å². The van der Waals surface area contributed by atoms with Crippen molar-refractivity contribution in [1.29, 1.82) is 0 Å². The monoisotopic (exact) mass is 469 g/mol. The van der Waals surface area contributed by atoms with Gasteiger partial charge in [0, 0.05) is 30.2 Å². The number of amides is 1. The molecule has 0 saturated carbocycles. The molecule has 35 heavy (non-hydrogen) atoms. The number of anilines is 2. The van der Waals surface area contributed by atoms with E-state index in [1.807, 2.05) is 24.3 Å². The third kappa shape index (κ3) is 4.84. The third-order valence-electron chi connectivity index (χ3n) is 6.15. The van der Waals surface area contributed by atoms with Gasteiger partial charge in [-0.15, -0.1) is 0 Å². The van der Waals surface area contributed by atoms with E-state index in [-0.39, 0.29) is 12.5 Å². The molecular weight excluding hydrogens is 442 g/mol. The average molecular weight is 470 g/mol. The van der Waals surface area contributed by atoms with E-state index >= 15 is 0 Å². The van der Waals surface area contributed by atoms with Gasteiger partial charge < -0.3 is 24.4 Å². The molecule has 0 bridgehead atoms. The van der Waals surface area contributed by atoms with E-state index in [1.54, 1.807) is 32.4 Å². The van der Waals surface area contributed by atoms with Gasteiger partial charge in [-0.25, -0.2) is 4.98 Å². The number of benzene rings is 3. The van der Waals surface area contributed by atoms with Gasteiger partial charge in [0.2, 0.25) is 0 Å². The molecule has 2 heterocycles. The van der Waals surface area contributed by atoms with Gasteiger partial charge in [-0.05, 0) is 47.9 Å². The van der Waals surface area contributed by atoms with Gasteiger partial charge in [0.25, 0.3) is 5.91 Å². The predicted molar refractivity (Wildman–Crippen MR) is 137 cm³/mol. The van der Waals surface area contributed by atoms with Crippen LogP contribution in [-0.4, -0.2) is 38.3 Å². The molecule has 5 rings (SSSR count). The Morgan fingerprint density at radius 1 is 0.914 bits per heavy atom. The normalized spacial score (nSPS) is 12.7. The number of nitrogens with zero attached hydrogens (tertiary/aromatic N) is 2. The van der Waals surface area contributed by atoms with Crippen molar-refractivity contribution in [2.24, 2.45) is 0 Å². The van der Waals surface area contributed by atoms with Crippen LogP contribution in [0, 0.1) is 0 Å². The molecular formula is C28H27N3O4. The quantitative estimate of drug-likeness (QED) is 0.418. The number of carbonyl (C=O) groups is 1. The number of hydrogen-bond acceptors (Lipinski definition) is 6. The fourth-order valence-corrected chi connectivity index (χ4v) is 4.35. The highest BCUT2D eigenvalue weighted by atomic mass is 16.5. The second-order valence-corrected chi connectivity index (χ2v) is 8.34. The Morgan fingerprint density at radius 2 is 1.74 bits per heavy atom. The molecule has 7 heteroatoms. The van der Waals surface area contributed by atoms with Crippen LogP contribution < -0.4 is 24.4 Å². The fourth-order valence-electron chi connectivity index (χ4n) is 4.35. The first-order valence-electron chi connectivity index (χ1n) is 11.5. The Kier molecular flexibility index (Phi) is 6.39. The molecule has 0 atom stereocenters. The molecule has 0 unspecified atom stereocenters. The first kappa shape index (κ1) is 22.5. The molecule has 1 aliphatic heterocycles. The molecule has 4 aromatic rings. The zero-order chi connectivity index (χ0) is 24.2. The van der Waals surface area contributed by atoms with Crippen molar-refractivity contribution in [3.8, 4) is 17.2 Å². The highest BCUT2D eigenvalue weighted by Gasteiger charge is 2.18. The number of carbonyl (C=O) groups excluding carboxylic acids is 1. The summed E-state index contributed by atoms with van der Waals surface area (Å²) in [6.45, 7) is 1.59. The number of fused-ring (bicyclic) bond motifs is 2. The summed E-state index contributed by atoms with van der Waals surface area (Å²) >= 11 is 0. The molecule has 178 valence electrons. The summed E-state index contributed by atoms with van der Waals surface area (Å²) in [5.74, 6) is 2.33. The van der Waals surface area contributed by atoms with E-state index in [0.717, 1.165) is 36.2 Å². The number of ether oxygens (including phenoxy) is 3. The molecule has 3 aromatic carbocycles. The van der Waals surface area contributed by atoms with E-state index in [4.69, 9.17) is 19.2 Å². The average Bonchev–Trinajstić information content (AvgIpc) is 2.91. The maximum absolute atomic E-state index is 12.6. The lowest BCUT2D eigenvalue weighted by atomic mass is 10.00. The molecule has 0 spiro atoms. The van der Waals surface area contributed by atoms with Gasteiger partial charge in [0.1, 0.15) is 17.1 Å². The minimum atomic E-state index is -0.280. The van der Waals surface area contributed by atoms with E-state index in [2.05, 4.69) is 40.5 Å². The number of aromatic nitrogens is 1. The molecule has 0 fully saturated rings. The summed E-state index contributed by atoms with van der Waals surface area (Å²) in [5.41, 5.74) is 4.06. The number of methoxy groups -OCH3 is 2. The summed E-state index contributed by atoms with van der Waals surface area (Å²) in [6, 6.07) is 23.6. The summed E-state index contributed by atoms with van der Waals surface area (Å²) in [5, 5.41) is 3.79. The lowest BCUT2D eigenvalue weighted by Gasteiger charge is -2.30. The van der Waals surface area contributed by atoms with Crippen LogP contribution in [0.15, 0.2) is 72.8 Å². The van der Waals surface area contributed by atoms with E-state index in [9.17, 15) is 4.79 Å². The molecule has 0 aliphatic carbocycles. The van der Waals surface area contributed by atoms with Crippen LogP contribution in [0.2, 0.25) is 0 Å². The first-order chi connectivity index (χ1) is 17.1. The Morgan fingerprint density at radius 3 is 2.57 bits per heavy atom. The van der Waals surface area contributed by atoms with E-state index in [0.29, 0.717) is 22.9 Å². The molecule has 1 aliphatic rings. The SMILES string of the molecule is COc1ccc(NC(=O)COc2cccc3ccc(N4CCc5ccccc5C4)nc23)cc1OC. The topological polar surface area (TPSA) is 72.9 Å². The van der Waals surface area contributed by atoms with Crippen molar-refractivity contribution in [1.82, 2.24) is 4.98 Å². The number of para-hydroxylation sites is 1. The van der Waals surface area contributed by atoms with Gasteiger partial charge in [0.05, 0.1) is 14.2 Å². The largest absolute Gasteiger partial charge is 0.493 e. The van der Waals surface area contributed by atoms with Crippen molar-refractivity contribution >= 4 is 28.3 Å². The van der Waals surface area contributed by atoms with Crippen LogP contribution in [0.3, 0.4) is 0 Å². The van der Waals surface area contributed by atoms with Crippen molar-refractivity contribution in [2.75, 3.05) is 37.6 Å². The van der Waals surface area contributed by atoms with Gasteiger partial charge in [-0.2, -0.15) is 0 Å². The highest BCUT2D eigenvalue weighted by Crippen LogP contribution is 2.31. The second-order valence-electron chi connectivity index (χ2n) is 8.34. The first-order valence-corrected chi connectivity index (χ1v) is 11.5. The minimum absolute atomic E-state index is 0.142. The maximum Gasteiger partial charge on any atom is 0.262 e. The highest BCUT2D eigenvalue weighted by molar-refractivity contribution is 5.93. The van der Waals surface area contributed by atoms with Crippen LogP contribution in [0.5, 0.6) is 17.2 Å². The molecule has 0 radical (unpaired) electrons. The Balaban J connectivity index is 1.30. The van der Waals surface area contributed by atoms with Crippen molar-refractivity contribution in [3.63, 3.8) is 0 Å². The molecule has 1 amide bonds. The third-order valence-corrected chi connectivity index (χ3v) is 6.15. The molecule has 0 saturated heterocycles. The number of hydrogen-bond donors (Lipinski definition) is 1. The van der Waals surface area contributed by atoms with Gasteiger partial charge in [0.15, 0.2) is 18.1 Å².